The summed E-state index contributed by atoms with van der Waals surface area (Å²) in [6.07, 6.45) is 0. The molecule has 0 saturated heterocycles. The molecular weight excluding hydrogens is 198 g/mol. The molecule has 1 aliphatic rings. The van der Waals surface area contributed by atoms with Crippen LogP contribution in [0.1, 0.15) is 41.5 Å². The molecule has 0 radical (unpaired) electrons. The molecule has 0 aromatic heterocycles. The molecular formula is C14H27NO. The Balaban J connectivity index is 3.18. The lowest BCUT2D eigenvalue weighted by Crippen LogP contribution is -2.28. The van der Waals surface area contributed by atoms with Crippen molar-refractivity contribution in [2.45, 2.75) is 41.5 Å². The van der Waals surface area contributed by atoms with Gasteiger partial charge in [0.15, 0.2) is 0 Å². The summed E-state index contributed by atoms with van der Waals surface area (Å²) < 4.78 is 6.01. The van der Waals surface area contributed by atoms with Crippen LogP contribution in [0.2, 0.25) is 0 Å². The minimum Gasteiger partial charge on any atom is -0.496 e. The molecule has 0 atom stereocenters. The van der Waals surface area contributed by atoms with Crippen molar-refractivity contribution in [3.05, 3.63) is 11.3 Å². The first-order chi connectivity index (χ1) is 7.12. The zero-order chi connectivity index (χ0) is 12.6. The molecule has 1 heterocycles. The summed E-state index contributed by atoms with van der Waals surface area (Å²) in [4.78, 5) is 2.35. The summed E-state index contributed by atoms with van der Waals surface area (Å²) in [5, 5.41) is 0. The highest BCUT2D eigenvalue weighted by Gasteiger charge is 2.31. The quantitative estimate of drug-likeness (QED) is 0.627. The topological polar surface area (TPSA) is 12.5 Å². The van der Waals surface area contributed by atoms with Crippen molar-refractivity contribution in [3.8, 4) is 0 Å². The van der Waals surface area contributed by atoms with Crippen molar-refractivity contribution in [1.82, 2.24) is 4.90 Å². The van der Waals surface area contributed by atoms with Gasteiger partial charge < -0.3 is 4.74 Å². The molecule has 0 unspecified atom stereocenters. The average Bonchev–Trinajstić information content (AvgIpc) is 2.23. The summed E-state index contributed by atoms with van der Waals surface area (Å²) in [7, 11) is 2.17. The minimum absolute atomic E-state index is 0.105. The van der Waals surface area contributed by atoms with Crippen LogP contribution in [-0.2, 0) is 4.74 Å². The standard InChI is InChI=1S/C14H27NO/c1-13(2,3)11-10-15(7)8-9-16-12(11)14(4,5)6/h8-10H2,1-7H3. The summed E-state index contributed by atoms with van der Waals surface area (Å²) in [5.74, 6) is 1.20. The van der Waals surface area contributed by atoms with Gasteiger partial charge in [0.2, 0.25) is 0 Å². The Labute approximate surface area is 101 Å². The number of rotatable bonds is 0. The van der Waals surface area contributed by atoms with Crippen LogP contribution < -0.4 is 0 Å². The molecule has 0 saturated carbocycles. The number of likely N-dealkylation sites (N-methyl/N-ethyl adjacent to an activating group) is 1. The molecule has 1 rings (SSSR count). The van der Waals surface area contributed by atoms with Crippen molar-refractivity contribution >= 4 is 0 Å². The first-order valence-electron chi connectivity index (χ1n) is 6.18. The lowest BCUT2D eigenvalue weighted by molar-refractivity contribution is 0.142. The maximum Gasteiger partial charge on any atom is 0.102 e. The fourth-order valence-electron chi connectivity index (χ4n) is 2.06. The molecule has 0 N–H and O–H groups in total. The molecule has 2 heteroatoms. The number of ether oxygens (including phenoxy) is 1. The van der Waals surface area contributed by atoms with Gasteiger partial charge in [-0.2, -0.15) is 0 Å². The van der Waals surface area contributed by atoms with Gasteiger partial charge >= 0.3 is 0 Å². The van der Waals surface area contributed by atoms with Gasteiger partial charge in [-0.1, -0.05) is 41.5 Å². The van der Waals surface area contributed by atoms with E-state index in [4.69, 9.17) is 4.74 Å². The first kappa shape index (κ1) is 13.6. The normalized spacial score (nSPS) is 20.7. The Morgan fingerprint density at radius 1 is 1.00 bits per heavy atom. The second-order valence-electron chi connectivity index (χ2n) is 6.89. The lowest BCUT2D eigenvalue weighted by Gasteiger charge is -2.32. The van der Waals surface area contributed by atoms with Crippen LogP contribution in [0.15, 0.2) is 11.3 Å². The molecule has 94 valence electrons. The summed E-state index contributed by atoms with van der Waals surface area (Å²) in [6.45, 7) is 16.4. The van der Waals surface area contributed by atoms with Crippen molar-refractivity contribution < 1.29 is 4.74 Å². The van der Waals surface area contributed by atoms with E-state index < -0.39 is 0 Å². The maximum absolute atomic E-state index is 6.01. The number of hydrogen-bond donors (Lipinski definition) is 0. The number of allylic oxidation sites excluding steroid dienone is 1. The molecule has 2 nitrogen and oxygen atoms in total. The zero-order valence-corrected chi connectivity index (χ0v) is 12.0. The van der Waals surface area contributed by atoms with Crippen molar-refractivity contribution in [2.75, 3.05) is 26.7 Å². The third kappa shape index (κ3) is 3.24. The number of nitrogens with zero attached hydrogens (tertiary/aromatic N) is 1. The molecule has 0 aliphatic carbocycles. The monoisotopic (exact) mass is 225 g/mol. The fourth-order valence-corrected chi connectivity index (χ4v) is 2.06. The molecule has 0 bridgehead atoms. The Hall–Kier alpha value is -0.500. The van der Waals surface area contributed by atoms with Crippen LogP contribution in [-0.4, -0.2) is 31.6 Å². The summed E-state index contributed by atoms with van der Waals surface area (Å²) >= 11 is 0. The lowest BCUT2D eigenvalue weighted by atomic mass is 9.79. The predicted molar refractivity (Wildman–Crippen MR) is 69.4 cm³/mol. The molecule has 0 fully saturated rings. The van der Waals surface area contributed by atoms with E-state index in [1.54, 1.807) is 0 Å². The van der Waals surface area contributed by atoms with Gasteiger partial charge in [-0.05, 0) is 18.0 Å². The van der Waals surface area contributed by atoms with Gasteiger partial charge in [0.05, 0.1) is 0 Å². The molecule has 16 heavy (non-hydrogen) atoms. The Bertz CT molecular complexity index is 278. The van der Waals surface area contributed by atoms with Crippen LogP contribution in [0, 0.1) is 10.8 Å². The Morgan fingerprint density at radius 2 is 1.56 bits per heavy atom. The zero-order valence-electron chi connectivity index (χ0n) is 12.0. The highest BCUT2D eigenvalue weighted by molar-refractivity contribution is 5.22. The summed E-state index contributed by atoms with van der Waals surface area (Å²) in [6, 6.07) is 0. The van der Waals surface area contributed by atoms with Crippen LogP contribution in [0.5, 0.6) is 0 Å². The van der Waals surface area contributed by atoms with Crippen molar-refractivity contribution in [2.24, 2.45) is 10.8 Å². The highest BCUT2D eigenvalue weighted by atomic mass is 16.5. The third-order valence-electron chi connectivity index (χ3n) is 3.01. The van der Waals surface area contributed by atoms with E-state index in [-0.39, 0.29) is 10.8 Å². The number of hydrogen-bond acceptors (Lipinski definition) is 2. The second kappa shape index (κ2) is 4.40. The minimum atomic E-state index is 0.105. The SMILES string of the molecule is CN1CCOC(C(C)(C)C)=C(C(C)(C)C)C1. The molecule has 1 aliphatic heterocycles. The fraction of sp³-hybridized carbons (Fsp3) is 0.857. The molecule has 0 aromatic carbocycles. The van der Waals surface area contributed by atoms with Crippen molar-refractivity contribution in [1.29, 1.82) is 0 Å². The van der Waals surface area contributed by atoms with E-state index in [9.17, 15) is 0 Å². The Morgan fingerprint density at radius 3 is 2.00 bits per heavy atom. The van der Waals surface area contributed by atoms with Gasteiger partial charge in [0.1, 0.15) is 12.4 Å². The summed E-state index contributed by atoms with van der Waals surface area (Å²) in [5.41, 5.74) is 1.73. The van der Waals surface area contributed by atoms with E-state index in [1.807, 2.05) is 0 Å². The van der Waals surface area contributed by atoms with Crippen LogP contribution in [0.25, 0.3) is 0 Å². The maximum atomic E-state index is 6.01. The average molecular weight is 225 g/mol. The highest BCUT2D eigenvalue weighted by Crippen LogP contribution is 2.38. The molecule has 0 aromatic rings. The molecule has 0 amide bonds. The first-order valence-corrected chi connectivity index (χ1v) is 6.18. The second-order valence-corrected chi connectivity index (χ2v) is 6.89. The van der Waals surface area contributed by atoms with E-state index in [1.165, 1.54) is 11.3 Å². The van der Waals surface area contributed by atoms with Gasteiger partial charge in [-0.25, -0.2) is 0 Å². The van der Waals surface area contributed by atoms with E-state index in [2.05, 4.69) is 53.5 Å². The predicted octanol–water partition coefficient (Wildman–Crippen LogP) is 3.29. The van der Waals surface area contributed by atoms with Crippen LogP contribution in [0.4, 0.5) is 0 Å². The van der Waals surface area contributed by atoms with Gasteiger partial charge in [0, 0.05) is 18.5 Å². The Kier molecular flexibility index (Phi) is 3.73. The van der Waals surface area contributed by atoms with Gasteiger partial charge in [-0.15, -0.1) is 0 Å². The van der Waals surface area contributed by atoms with Crippen molar-refractivity contribution in [3.63, 3.8) is 0 Å². The van der Waals surface area contributed by atoms with E-state index >= 15 is 0 Å². The smallest absolute Gasteiger partial charge is 0.102 e. The van der Waals surface area contributed by atoms with Gasteiger partial charge in [0.25, 0.3) is 0 Å². The van der Waals surface area contributed by atoms with Gasteiger partial charge in [-0.3, -0.25) is 4.90 Å². The van der Waals surface area contributed by atoms with E-state index in [0.717, 1.165) is 19.7 Å². The molecule has 0 spiro atoms. The van der Waals surface area contributed by atoms with Crippen LogP contribution >= 0.6 is 0 Å². The van der Waals surface area contributed by atoms with Crippen LogP contribution in [0.3, 0.4) is 0 Å². The third-order valence-corrected chi connectivity index (χ3v) is 3.01. The largest absolute Gasteiger partial charge is 0.496 e. The van der Waals surface area contributed by atoms with E-state index in [0.29, 0.717) is 0 Å².